The summed E-state index contributed by atoms with van der Waals surface area (Å²) < 4.78 is 6.03. The Morgan fingerprint density at radius 1 is 1.33 bits per heavy atom. The highest BCUT2D eigenvalue weighted by atomic mass is 79.9. The van der Waals surface area contributed by atoms with Gasteiger partial charge in [0.05, 0.1) is 18.2 Å². The molecule has 0 spiro atoms. The van der Waals surface area contributed by atoms with Gasteiger partial charge in [-0.15, -0.1) is 0 Å². The third kappa shape index (κ3) is 2.54. The largest absolute Gasteiger partial charge is 0.492 e. The van der Waals surface area contributed by atoms with Gasteiger partial charge in [-0.3, -0.25) is 0 Å². The first-order valence-electron chi connectivity index (χ1n) is 6.30. The van der Waals surface area contributed by atoms with Crippen LogP contribution in [-0.4, -0.2) is 11.9 Å². The van der Waals surface area contributed by atoms with Crippen molar-refractivity contribution in [2.75, 3.05) is 11.9 Å². The summed E-state index contributed by atoms with van der Waals surface area (Å²) in [6.07, 6.45) is 3.79. The van der Waals surface area contributed by atoms with Gasteiger partial charge in [-0.2, -0.15) is 5.26 Å². The number of rotatable bonds is 4. The van der Waals surface area contributed by atoms with Crippen molar-refractivity contribution in [3.05, 3.63) is 28.8 Å². The zero-order chi connectivity index (χ0) is 13.2. The molecule has 0 N–H and O–H groups in total. The Bertz CT molecular complexity index is 457. The van der Waals surface area contributed by atoms with Crippen LogP contribution in [0.4, 0.5) is 0 Å². The van der Waals surface area contributed by atoms with E-state index in [1.165, 1.54) is 19.3 Å². The Balaban J connectivity index is 2.12. The lowest BCUT2D eigenvalue weighted by atomic mass is 9.71. The molecular weight excluding hydrogens is 290 g/mol. The summed E-state index contributed by atoms with van der Waals surface area (Å²) in [5.74, 6) is 0.946. The number of hydrogen-bond acceptors (Lipinski definition) is 2. The summed E-state index contributed by atoms with van der Waals surface area (Å²) in [6, 6.07) is 5.96. The standard InChI is InChI=1S/C15H18BrNO/c1-11-6-13(8-17)7-12(2)14(11)18-10-15(9-16)4-3-5-15/h6-7H,3-5,9-10H2,1-2H3. The highest BCUT2D eigenvalue weighted by Gasteiger charge is 2.36. The van der Waals surface area contributed by atoms with Crippen molar-refractivity contribution in [3.8, 4) is 11.8 Å². The number of nitriles is 1. The number of nitrogens with zero attached hydrogens (tertiary/aromatic N) is 1. The lowest BCUT2D eigenvalue weighted by molar-refractivity contribution is 0.0830. The predicted molar refractivity (Wildman–Crippen MR) is 76.2 cm³/mol. The summed E-state index contributed by atoms with van der Waals surface area (Å²) in [6.45, 7) is 4.78. The summed E-state index contributed by atoms with van der Waals surface area (Å²) in [7, 11) is 0. The minimum Gasteiger partial charge on any atom is -0.492 e. The molecule has 18 heavy (non-hydrogen) atoms. The summed E-state index contributed by atoms with van der Waals surface area (Å²) in [4.78, 5) is 0. The second kappa shape index (κ2) is 5.32. The van der Waals surface area contributed by atoms with Crippen molar-refractivity contribution in [1.29, 1.82) is 5.26 Å². The van der Waals surface area contributed by atoms with Gasteiger partial charge in [0, 0.05) is 10.7 Å². The van der Waals surface area contributed by atoms with Gasteiger partial charge in [0.1, 0.15) is 5.75 Å². The van der Waals surface area contributed by atoms with E-state index in [2.05, 4.69) is 22.0 Å². The topological polar surface area (TPSA) is 33.0 Å². The Morgan fingerprint density at radius 3 is 2.33 bits per heavy atom. The van der Waals surface area contributed by atoms with Crippen LogP contribution in [0, 0.1) is 30.6 Å². The number of hydrogen-bond donors (Lipinski definition) is 0. The average Bonchev–Trinajstić information content (AvgIpc) is 2.30. The maximum atomic E-state index is 8.92. The lowest BCUT2D eigenvalue weighted by Crippen LogP contribution is -2.37. The van der Waals surface area contributed by atoms with Gasteiger partial charge in [-0.05, 0) is 49.9 Å². The Labute approximate surface area is 117 Å². The molecule has 3 heteroatoms. The number of halogens is 1. The maximum absolute atomic E-state index is 8.92. The Kier molecular flexibility index (Phi) is 3.97. The van der Waals surface area contributed by atoms with Crippen LogP contribution in [0.5, 0.6) is 5.75 Å². The van der Waals surface area contributed by atoms with E-state index in [1.807, 2.05) is 26.0 Å². The zero-order valence-corrected chi connectivity index (χ0v) is 12.5. The molecule has 0 bridgehead atoms. The Hall–Kier alpha value is -1.01. The van der Waals surface area contributed by atoms with Gasteiger partial charge < -0.3 is 4.74 Å². The summed E-state index contributed by atoms with van der Waals surface area (Å²) in [5, 5.41) is 9.93. The van der Waals surface area contributed by atoms with Crippen LogP contribution in [0.15, 0.2) is 12.1 Å². The molecule has 0 aliphatic heterocycles. The molecule has 0 amide bonds. The first kappa shape index (κ1) is 13.4. The molecule has 0 unspecified atom stereocenters. The van der Waals surface area contributed by atoms with Gasteiger partial charge >= 0.3 is 0 Å². The van der Waals surface area contributed by atoms with E-state index in [0.717, 1.165) is 28.8 Å². The maximum Gasteiger partial charge on any atom is 0.125 e. The van der Waals surface area contributed by atoms with Crippen molar-refractivity contribution in [2.45, 2.75) is 33.1 Å². The van der Waals surface area contributed by atoms with E-state index in [0.29, 0.717) is 11.0 Å². The molecule has 2 nitrogen and oxygen atoms in total. The minimum absolute atomic E-state index is 0.326. The number of alkyl halides is 1. The highest BCUT2D eigenvalue weighted by molar-refractivity contribution is 9.09. The fourth-order valence-electron chi connectivity index (χ4n) is 2.46. The molecule has 1 aromatic rings. The van der Waals surface area contributed by atoms with E-state index >= 15 is 0 Å². The smallest absolute Gasteiger partial charge is 0.125 e. The van der Waals surface area contributed by atoms with Crippen LogP contribution in [0.3, 0.4) is 0 Å². The van der Waals surface area contributed by atoms with Gasteiger partial charge in [0.2, 0.25) is 0 Å². The molecule has 0 heterocycles. The fourth-order valence-corrected chi connectivity index (χ4v) is 3.18. The fraction of sp³-hybridized carbons (Fsp3) is 0.533. The van der Waals surface area contributed by atoms with Gasteiger partial charge in [0.25, 0.3) is 0 Å². The van der Waals surface area contributed by atoms with E-state index in [1.54, 1.807) is 0 Å². The predicted octanol–water partition coefficient (Wildman–Crippen LogP) is 4.12. The minimum atomic E-state index is 0.326. The normalized spacial score (nSPS) is 16.8. The molecule has 0 atom stereocenters. The molecule has 0 radical (unpaired) electrons. The van der Waals surface area contributed by atoms with Crippen LogP contribution in [0.1, 0.15) is 36.0 Å². The quantitative estimate of drug-likeness (QED) is 0.784. The number of ether oxygens (including phenoxy) is 1. The van der Waals surface area contributed by atoms with E-state index < -0.39 is 0 Å². The van der Waals surface area contributed by atoms with Crippen LogP contribution < -0.4 is 4.74 Å². The van der Waals surface area contributed by atoms with Crippen molar-refractivity contribution < 1.29 is 4.74 Å². The van der Waals surface area contributed by atoms with E-state index in [9.17, 15) is 0 Å². The summed E-state index contributed by atoms with van der Waals surface area (Å²) in [5.41, 5.74) is 3.13. The second-order valence-electron chi connectivity index (χ2n) is 5.33. The molecule has 1 saturated carbocycles. The van der Waals surface area contributed by atoms with Gasteiger partial charge in [-0.25, -0.2) is 0 Å². The molecule has 2 rings (SSSR count). The van der Waals surface area contributed by atoms with Crippen molar-refractivity contribution in [3.63, 3.8) is 0 Å². The molecule has 1 aliphatic carbocycles. The third-order valence-electron chi connectivity index (χ3n) is 3.81. The summed E-state index contributed by atoms with van der Waals surface area (Å²) >= 11 is 3.59. The van der Waals surface area contributed by atoms with Crippen LogP contribution >= 0.6 is 15.9 Å². The Morgan fingerprint density at radius 2 is 1.94 bits per heavy atom. The van der Waals surface area contributed by atoms with Crippen molar-refractivity contribution in [2.24, 2.45) is 5.41 Å². The lowest BCUT2D eigenvalue weighted by Gasteiger charge is -2.40. The second-order valence-corrected chi connectivity index (χ2v) is 5.89. The molecule has 96 valence electrons. The SMILES string of the molecule is Cc1cc(C#N)cc(C)c1OCC1(CBr)CCC1. The number of benzene rings is 1. The van der Waals surface area contributed by atoms with E-state index in [-0.39, 0.29) is 0 Å². The third-order valence-corrected chi connectivity index (χ3v) is 5.00. The van der Waals surface area contributed by atoms with Crippen molar-refractivity contribution in [1.82, 2.24) is 0 Å². The van der Waals surface area contributed by atoms with Gasteiger partial charge in [-0.1, -0.05) is 22.4 Å². The number of aryl methyl sites for hydroxylation is 2. The molecule has 1 aliphatic rings. The highest BCUT2D eigenvalue weighted by Crippen LogP contribution is 2.43. The van der Waals surface area contributed by atoms with Crippen LogP contribution in [0.25, 0.3) is 0 Å². The van der Waals surface area contributed by atoms with Gasteiger partial charge in [0.15, 0.2) is 0 Å². The van der Waals surface area contributed by atoms with Crippen LogP contribution in [0.2, 0.25) is 0 Å². The van der Waals surface area contributed by atoms with Crippen molar-refractivity contribution >= 4 is 15.9 Å². The average molecular weight is 308 g/mol. The monoisotopic (exact) mass is 307 g/mol. The molecule has 1 fully saturated rings. The van der Waals surface area contributed by atoms with Crippen LogP contribution in [-0.2, 0) is 0 Å². The van der Waals surface area contributed by atoms with E-state index in [4.69, 9.17) is 10.00 Å². The zero-order valence-electron chi connectivity index (χ0n) is 10.9. The molecular formula is C15H18BrNO. The molecule has 1 aromatic carbocycles. The first-order valence-corrected chi connectivity index (χ1v) is 7.42. The molecule has 0 aromatic heterocycles. The first-order chi connectivity index (χ1) is 8.60. The molecule has 0 saturated heterocycles.